The summed E-state index contributed by atoms with van der Waals surface area (Å²) in [4.78, 5) is 23.0. The maximum absolute atomic E-state index is 11.8. The molecule has 1 amide bonds. The average molecular weight is 309 g/mol. The molecule has 0 heterocycles. The van der Waals surface area contributed by atoms with E-state index in [1.807, 2.05) is 31.2 Å². The fourth-order valence-corrected chi connectivity index (χ4v) is 1.94. The van der Waals surface area contributed by atoms with Crippen LogP contribution in [0.1, 0.15) is 25.3 Å². The lowest BCUT2D eigenvalue weighted by molar-refractivity contribution is -0.149. The third-order valence-corrected chi connectivity index (χ3v) is 3.13. The van der Waals surface area contributed by atoms with Crippen LogP contribution in [0.2, 0.25) is 0 Å². The molecule has 6 heteroatoms. The molecule has 0 spiro atoms. The Kier molecular flexibility index (Phi) is 6.85. The van der Waals surface area contributed by atoms with Crippen molar-refractivity contribution in [1.29, 1.82) is 0 Å². The molecule has 0 saturated heterocycles. The van der Waals surface area contributed by atoms with Gasteiger partial charge in [0.05, 0.1) is 13.2 Å². The van der Waals surface area contributed by atoms with E-state index in [0.717, 1.165) is 11.3 Å². The molecule has 0 aliphatic rings. The van der Waals surface area contributed by atoms with Crippen molar-refractivity contribution in [1.82, 2.24) is 5.32 Å². The van der Waals surface area contributed by atoms with Gasteiger partial charge in [-0.1, -0.05) is 12.1 Å². The summed E-state index contributed by atoms with van der Waals surface area (Å²) >= 11 is 0. The minimum absolute atomic E-state index is 0.0894. The second kappa shape index (κ2) is 8.38. The number of methoxy groups -OCH3 is 1. The van der Waals surface area contributed by atoms with Crippen molar-refractivity contribution in [2.45, 2.75) is 32.2 Å². The lowest BCUT2D eigenvalue weighted by Crippen LogP contribution is -2.55. The molecule has 0 fully saturated rings. The van der Waals surface area contributed by atoms with E-state index >= 15 is 0 Å². The van der Waals surface area contributed by atoms with E-state index in [2.05, 4.69) is 5.32 Å². The molecule has 0 aliphatic carbocycles. The summed E-state index contributed by atoms with van der Waals surface area (Å²) in [6, 6.07) is 7.65. The molecule has 0 aliphatic heterocycles. The Bertz CT molecular complexity index is 517. The highest BCUT2D eigenvalue weighted by Gasteiger charge is 2.34. The lowest BCUT2D eigenvalue weighted by Gasteiger charge is -2.25. The van der Waals surface area contributed by atoms with Crippen LogP contribution >= 0.6 is 0 Å². The molecule has 0 radical (unpaired) electrons. The number of ether oxygens (including phenoxy) is 2. The zero-order valence-electron chi connectivity index (χ0n) is 13.2. The number of hydrogen-bond donors (Lipinski definition) is 2. The maximum atomic E-state index is 11.8. The highest BCUT2D eigenvalue weighted by atomic mass is 16.5. The first kappa shape index (κ1) is 18.0. The van der Waals surface area contributed by atoms with Gasteiger partial charge >= 0.3 is 5.97 Å². The largest absolute Gasteiger partial charge is 0.494 e. The van der Waals surface area contributed by atoms with Crippen LogP contribution in [0.25, 0.3) is 0 Å². The van der Waals surface area contributed by atoms with Gasteiger partial charge in [-0.05, 0) is 38.0 Å². The molecule has 0 bridgehead atoms. The number of carbonyl (C=O) groups excluding carboxylic acids is 1. The fraction of sp³-hybridized carbons (Fsp3) is 0.500. The van der Waals surface area contributed by atoms with E-state index in [1.165, 1.54) is 14.0 Å². The Labute approximate surface area is 130 Å². The van der Waals surface area contributed by atoms with E-state index in [1.54, 1.807) is 0 Å². The maximum Gasteiger partial charge on any atom is 0.331 e. The first-order valence-electron chi connectivity index (χ1n) is 7.10. The van der Waals surface area contributed by atoms with Crippen LogP contribution in [0.4, 0.5) is 0 Å². The van der Waals surface area contributed by atoms with Gasteiger partial charge in [-0.25, -0.2) is 4.79 Å². The molecule has 1 rings (SSSR count). The molecule has 1 aromatic rings. The zero-order chi connectivity index (χ0) is 16.6. The monoisotopic (exact) mass is 309 g/mol. The average Bonchev–Trinajstić information content (AvgIpc) is 2.43. The van der Waals surface area contributed by atoms with Gasteiger partial charge in [0.15, 0.2) is 5.54 Å². The van der Waals surface area contributed by atoms with Gasteiger partial charge in [0.1, 0.15) is 5.75 Å². The summed E-state index contributed by atoms with van der Waals surface area (Å²) in [5.41, 5.74) is -0.310. The van der Waals surface area contributed by atoms with Crippen molar-refractivity contribution in [2.75, 3.05) is 20.3 Å². The van der Waals surface area contributed by atoms with E-state index in [-0.39, 0.29) is 18.9 Å². The molecule has 22 heavy (non-hydrogen) atoms. The number of nitrogens with one attached hydrogen (secondary N) is 1. The van der Waals surface area contributed by atoms with Crippen molar-refractivity contribution in [3.05, 3.63) is 29.8 Å². The summed E-state index contributed by atoms with van der Waals surface area (Å²) in [5.74, 6) is -0.705. The van der Waals surface area contributed by atoms with Crippen molar-refractivity contribution in [3.8, 4) is 5.75 Å². The SMILES string of the molecule is COCC(C)(NC(=O)CCCOc1cccc(C)c1)C(=O)O. The highest BCUT2D eigenvalue weighted by molar-refractivity contribution is 5.86. The van der Waals surface area contributed by atoms with Gasteiger partial charge in [0, 0.05) is 13.5 Å². The molecule has 0 saturated carbocycles. The number of aryl methyl sites for hydroxylation is 1. The Morgan fingerprint density at radius 2 is 2.09 bits per heavy atom. The second-order valence-electron chi connectivity index (χ2n) is 5.39. The Balaban J connectivity index is 2.35. The third kappa shape index (κ3) is 5.73. The Morgan fingerprint density at radius 1 is 1.36 bits per heavy atom. The molecular formula is C16H23NO5. The van der Waals surface area contributed by atoms with Gasteiger partial charge < -0.3 is 19.9 Å². The van der Waals surface area contributed by atoms with Crippen LogP contribution in [-0.4, -0.2) is 42.8 Å². The van der Waals surface area contributed by atoms with Gasteiger partial charge in [-0.3, -0.25) is 4.79 Å². The van der Waals surface area contributed by atoms with Crippen LogP contribution in [0, 0.1) is 6.92 Å². The minimum Gasteiger partial charge on any atom is -0.494 e. The molecule has 1 aromatic carbocycles. The summed E-state index contributed by atoms with van der Waals surface area (Å²) in [6.45, 7) is 3.70. The molecule has 1 unspecified atom stereocenters. The van der Waals surface area contributed by atoms with Gasteiger partial charge in [-0.15, -0.1) is 0 Å². The highest BCUT2D eigenvalue weighted by Crippen LogP contribution is 2.13. The number of carboxylic acid groups (broad SMARTS) is 1. The normalized spacial score (nSPS) is 13.2. The number of carbonyl (C=O) groups is 2. The van der Waals surface area contributed by atoms with E-state index in [9.17, 15) is 9.59 Å². The molecule has 6 nitrogen and oxygen atoms in total. The summed E-state index contributed by atoms with van der Waals surface area (Å²) in [7, 11) is 1.39. The molecule has 2 N–H and O–H groups in total. The molecule has 1 atom stereocenters. The summed E-state index contributed by atoms with van der Waals surface area (Å²) in [6.07, 6.45) is 0.695. The van der Waals surface area contributed by atoms with Crippen LogP contribution in [0.15, 0.2) is 24.3 Å². The van der Waals surface area contributed by atoms with E-state index in [0.29, 0.717) is 13.0 Å². The van der Waals surface area contributed by atoms with Gasteiger partial charge in [0.2, 0.25) is 5.91 Å². The smallest absolute Gasteiger partial charge is 0.331 e. The molecular weight excluding hydrogens is 286 g/mol. The van der Waals surface area contributed by atoms with Gasteiger partial charge in [0.25, 0.3) is 0 Å². The molecule has 122 valence electrons. The second-order valence-corrected chi connectivity index (χ2v) is 5.39. The first-order valence-corrected chi connectivity index (χ1v) is 7.10. The van der Waals surface area contributed by atoms with Crippen molar-refractivity contribution < 1.29 is 24.2 Å². The number of hydrogen-bond acceptors (Lipinski definition) is 4. The van der Waals surface area contributed by atoms with E-state index < -0.39 is 11.5 Å². The van der Waals surface area contributed by atoms with Crippen molar-refractivity contribution in [3.63, 3.8) is 0 Å². The predicted octanol–water partition coefficient (Wildman–Crippen LogP) is 1.76. The van der Waals surface area contributed by atoms with Crippen molar-refractivity contribution in [2.24, 2.45) is 0 Å². The fourth-order valence-electron chi connectivity index (χ4n) is 1.94. The predicted molar refractivity (Wildman–Crippen MR) is 82.0 cm³/mol. The van der Waals surface area contributed by atoms with Crippen molar-refractivity contribution >= 4 is 11.9 Å². The Morgan fingerprint density at radius 3 is 2.68 bits per heavy atom. The first-order chi connectivity index (χ1) is 10.4. The number of amides is 1. The lowest BCUT2D eigenvalue weighted by atomic mass is 10.0. The van der Waals surface area contributed by atoms with Crippen LogP contribution in [0.3, 0.4) is 0 Å². The van der Waals surface area contributed by atoms with Crippen LogP contribution in [-0.2, 0) is 14.3 Å². The number of benzene rings is 1. The number of aliphatic carboxylic acids is 1. The quantitative estimate of drug-likeness (QED) is 0.679. The van der Waals surface area contributed by atoms with Crippen LogP contribution in [0.5, 0.6) is 5.75 Å². The topological polar surface area (TPSA) is 84.9 Å². The summed E-state index contributed by atoms with van der Waals surface area (Å²) < 4.78 is 10.4. The van der Waals surface area contributed by atoms with E-state index in [4.69, 9.17) is 14.6 Å². The molecule has 0 aromatic heterocycles. The number of carboxylic acids is 1. The number of rotatable bonds is 9. The zero-order valence-corrected chi connectivity index (χ0v) is 13.2. The standard InChI is InChI=1S/C16H23NO5/c1-12-6-4-7-13(10-12)22-9-5-8-14(18)17-16(2,11-21-3)15(19)20/h4,6-7,10H,5,8-9,11H2,1-3H3,(H,17,18)(H,19,20). The minimum atomic E-state index is -1.41. The third-order valence-electron chi connectivity index (χ3n) is 3.13. The van der Waals surface area contributed by atoms with Crippen LogP contribution < -0.4 is 10.1 Å². The summed E-state index contributed by atoms with van der Waals surface area (Å²) in [5, 5.41) is 11.6. The van der Waals surface area contributed by atoms with Gasteiger partial charge in [-0.2, -0.15) is 0 Å². The Hall–Kier alpha value is -2.08.